The molecule has 5 nitrogen and oxygen atoms in total. The summed E-state index contributed by atoms with van der Waals surface area (Å²) in [5, 5.41) is 0. The number of aryl methyl sites for hydroxylation is 2. The number of anilines is 1. The quantitative estimate of drug-likeness (QED) is 0.819. The summed E-state index contributed by atoms with van der Waals surface area (Å²) in [6, 6.07) is 0.328. The molecular formula is C14H26N4O. The minimum atomic E-state index is 0.328. The van der Waals surface area contributed by atoms with E-state index in [1.54, 1.807) is 7.11 Å². The summed E-state index contributed by atoms with van der Waals surface area (Å²) in [4.78, 5) is 7.05. The Kier molecular flexibility index (Phi) is 4.82. The van der Waals surface area contributed by atoms with Crippen LogP contribution in [0.3, 0.4) is 0 Å². The second-order valence-corrected chi connectivity index (χ2v) is 5.60. The van der Waals surface area contributed by atoms with Crippen LogP contribution in [0.1, 0.15) is 25.5 Å². The summed E-state index contributed by atoms with van der Waals surface area (Å²) in [5.41, 5.74) is 7.17. The summed E-state index contributed by atoms with van der Waals surface area (Å²) in [6.45, 7) is 8.03. The third kappa shape index (κ3) is 3.48. The molecule has 0 spiro atoms. The van der Waals surface area contributed by atoms with E-state index in [1.807, 2.05) is 0 Å². The van der Waals surface area contributed by atoms with Crippen LogP contribution in [0.4, 0.5) is 5.95 Å². The van der Waals surface area contributed by atoms with Gasteiger partial charge in [-0.3, -0.25) is 0 Å². The standard InChI is InChI=1S/C14H26N4O/c1-11-9-18(7-5-13(11)15)14-16-12(2)10-17(14)6-4-8-19-3/h10-11,13H,4-9,15H2,1-3H3. The Hall–Kier alpha value is -1.07. The Morgan fingerprint density at radius 2 is 2.32 bits per heavy atom. The summed E-state index contributed by atoms with van der Waals surface area (Å²) >= 11 is 0. The van der Waals surface area contributed by atoms with Crippen LogP contribution in [0.15, 0.2) is 6.20 Å². The first-order valence-electron chi connectivity index (χ1n) is 7.15. The molecule has 1 aromatic rings. The molecule has 19 heavy (non-hydrogen) atoms. The number of nitrogens with two attached hydrogens (primary N) is 1. The molecule has 2 atom stereocenters. The smallest absolute Gasteiger partial charge is 0.205 e. The van der Waals surface area contributed by atoms with Gasteiger partial charge in [0.15, 0.2) is 0 Å². The van der Waals surface area contributed by atoms with Crippen LogP contribution in [0, 0.1) is 12.8 Å². The average Bonchev–Trinajstić information content (AvgIpc) is 2.74. The van der Waals surface area contributed by atoms with Gasteiger partial charge in [0.2, 0.25) is 5.95 Å². The van der Waals surface area contributed by atoms with E-state index in [9.17, 15) is 0 Å². The third-order valence-electron chi connectivity index (χ3n) is 3.88. The van der Waals surface area contributed by atoms with Gasteiger partial charge in [0, 0.05) is 45.6 Å². The number of aromatic nitrogens is 2. The second-order valence-electron chi connectivity index (χ2n) is 5.60. The van der Waals surface area contributed by atoms with Crippen molar-refractivity contribution in [3.8, 4) is 0 Å². The maximum atomic E-state index is 6.09. The van der Waals surface area contributed by atoms with Crippen molar-refractivity contribution in [2.24, 2.45) is 11.7 Å². The summed E-state index contributed by atoms with van der Waals surface area (Å²) in [6.07, 6.45) is 4.19. The molecule has 0 aromatic carbocycles. The molecule has 2 N–H and O–H groups in total. The highest BCUT2D eigenvalue weighted by atomic mass is 16.5. The van der Waals surface area contributed by atoms with Crippen LogP contribution in [-0.2, 0) is 11.3 Å². The molecule has 0 bridgehead atoms. The lowest BCUT2D eigenvalue weighted by Crippen LogP contribution is -2.46. The number of methoxy groups -OCH3 is 1. The maximum Gasteiger partial charge on any atom is 0.205 e. The van der Waals surface area contributed by atoms with Gasteiger partial charge in [-0.2, -0.15) is 0 Å². The SMILES string of the molecule is COCCCn1cc(C)nc1N1CCC(N)C(C)C1. The zero-order chi connectivity index (χ0) is 13.8. The van der Waals surface area contributed by atoms with E-state index in [-0.39, 0.29) is 0 Å². The van der Waals surface area contributed by atoms with Crippen molar-refractivity contribution < 1.29 is 4.74 Å². The van der Waals surface area contributed by atoms with Crippen molar-refractivity contribution in [3.05, 3.63) is 11.9 Å². The Morgan fingerprint density at radius 3 is 3.00 bits per heavy atom. The normalized spacial score (nSPS) is 23.9. The molecule has 2 heterocycles. The summed E-state index contributed by atoms with van der Waals surface area (Å²) < 4.78 is 7.37. The minimum absolute atomic E-state index is 0.328. The molecule has 0 aliphatic carbocycles. The molecule has 1 aromatic heterocycles. The van der Waals surface area contributed by atoms with Crippen LogP contribution in [0.5, 0.6) is 0 Å². The minimum Gasteiger partial charge on any atom is -0.385 e. The van der Waals surface area contributed by atoms with Crippen LogP contribution in [0.2, 0.25) is 0 Å². The summed E-state index contributed by atoms with van der Waals surface area (Å²) in [7, 11) is 1.74. The van der Waals surface area contributed by atoms with Crippen molar-refractivity contribution in [1.29, 1.82) is 0 Å². The molecular weight excluding hydrogens is 240 g/mol. The van der Waals surface area contributed by atoms with Crippen LogP contribution in [0.25, 0.3) is 0 Å². The first kappa shape index (κ1) is 14.3. The molecule has 0 radical (unpaired) electrons. The van der Waals surface area contributed by atoms with Crippen LogP contribution in [-0.4, -0.2) is 42.4 Å². The van der Waals surface area contributed by atoms with Gasteiger partial charge in [0.1, 0.15) is 0 Å². The monoisotopic (exact) mass is 266 g/mol. The molecule has 1 aliphatic heterocycles. The number of ether oxygens (including phenoxy) is 1. The fourth-order valence-electron chi connectivity index (χ4n) is 2.68. The zero-order valence-corrected chi connectivity index (χ0v) is 12.3. The molecule has 0 amide bonds. The van der Waals surface area contributed by atoms with Crippen molar-refractivity contribution >= 4 is 5.95 Å². The van der Waals surface area contributed by atoms with Gasteiger partial charge in [0.05, 0.1) is 5.69 Å². The maximum absolute atomic E-state index is 6.09. The van der Waals surface area contributed by atoms with Crippen molar-refractivity contribution in [2.75, 3.05) is 31.7 Å². The number of hydrogen-bond donors (Lipinski definition) is 1. The van der Waals surface area contributed by atoms with Gasteiger partial charge >= 0.3 is 0 Å². The van der Waals surface area contributed by atoms with E-state index in [0.717, 1.165) is 50.7 Å². The first-order chi connectivity index (χ1) is 9.11. The van der Waals surface area contributed by atoms with Gasteiger partial charge in [0.25, 0.3) is 0 Å². The predicted molar refractivity (Wildman–Crippen MR) is 77.4 cm³/mol. The number of imidazole rings is 1. The molecule has 1 aliphatic rings. The van der Waals surface area contributed by atoms with Crippen LogP contribution >= 0.6 is 0 Å². The zero-order valence-electron chi connectivity index (χ0n) is 12.3. The van der Waals surface area contributed by atoms with Gasteiger partial charge in [-0.15, -0.1) is 0 Å². The highest BCUT2D eigenvalue weighted by molar-refractivity contribution is 5.34. The molecule has 2 unspecified atom stereocenters. The van der Waals surface area contributed by atoms with Gasteiger partial charge in [-0.1, -0.05) is 6.92 Å². The van der Waals surface area contributed by atoms with E-state index in [2.05, 4.69) is 34.5 Å². The van der Waals surface area contributed by atoms with Crippen molar-refractivity contribution in [3.63, 3.8) is 0 Å². The summed E-state index contributed by atoms with van der Waals surface area (Å²) in [5.74, 6) is 1.62. The van der Waals surface area contributed by atoms with Gasteiger partial charge in [-0.25, -0.2) is 4.98 Å². The first-order valence-corrected chi connectivity index (χ1v) is 7.15. The Labute approximate surface area is 115 Å². The van der Waals surface area contributed by atoms with E-state index in [4.69, 9.17) is 10.5 Å². The molecule has 0 saturated carbocycles. The molecule has 1 saturated heterocycles. The number of nitrogens with zero attached hydrogens (tertiary/aromatic N) is 3. The molecule has 2 rings (SSSR count). The molecule has 1 fully saturated rings. The lowest BCUT2D eigenvalue weighted by molar-refractivity contribution is 0.190. The Bertz CT molecular complexity index is 404. The van der Waals surface area contributed by atoms with Gasteiger partial charge < -0.3 is 19.9 Å². The Morgan fingerprint density at radius 1 is 1.53 bits per heavy atom. The fourth-order valence-corrected chi connectivity index (χ4v) is 2.68. The predicted octanol–water partition coefficient (Wildman–Crippen LogP) is 1.40. The van der Waals surface area contributed by atoms with Gasteiger partial charge in [-0.05, 0) is 25.7 Å². The Balaban J connectivity index is 2.06. The van der Waals surface area contributed by atoms with E-state index in [1.165, 1.54) is 0 Å². The highest BCUT2D eigenvalue weighted by Gasteiger charge is 2.25. The number of hydrogen-bond acceptors (Lipinski definition) is 4. The van der Waals surface area contributed by atoms with E-state index < -0.39 is 0 Å². The topological polar surface area (TPSA) is 56.3 Å². The second kappa shape index (κ2) is 6.39. The van der Waals surface area contributed by atoms with Crippen LogP contribution < -0.4 is 10.6 Å². The van der Waals surface area contributed by atoms with E-state index >= 15 is 0 Å². The molecule has 108 valence electrons. The lowest BCUT2D eigenvalue weighted by atomic mass is 9.95. The van der Waals surface area contributed by atoms with Crippen molar-refractivity contribution in [1.82, 2.24) is 9.55 Å². The number of rotatable bonds is 5. The number of piperidine rings is 1. The molecule has 5 heteroatoms. The lowest BCUT2D eigenvalue weighted by Gasteiger charge is -2.35. The largest absolute Gasteiger partial charge is 0.385 e. The third-order valence-corrected chi connectivity index (χ3v) is 3.88. The fraction of sp³-hybridized carbons (Fsp3) is 0.786. The average molecular weight is 266 g/mol. The van der Waals surface area contributed by atoms with E-state index in [0.29, 0.717) is 12.0 Å². The highest BCUT2D eigenvalue weighted by Crippen LogP contribution is 2.22. The van der Waals surface area contributed by atoms with Crippen molar-refractivity contribution in [2.45, 2.75) is 39.3 Å².